The quantitative estimate of drug-likeness (QED) is 0.373. The second kappa shape index (κ2) is 9.62. The zero-order chi connectivity index (χ0) is 25.6. The Balaban J connectivity index is 1.38. The molecule has 11 heteroatoms. The molecular formula is C26H28N6O3S2. The Kier molecular flexibility index (Phi) is 6.29. The fraction of sp³-hybridized carbons (Fsp3) is 0.346. The topological polar surface area (TPSA) is 113 Å². The molecular weight excluding hydrogens is 508 g/mol. The van der Waals surface area contributed by atoms with E-state index in [0.29, 0.717) is 24.7 Å². The summed E-state index contributed by atoms with van der Waals surface area (Å²) in [5.74, 6) is 1.62. The molecule has 0 radical (unpaired) electrons. The van der Waals surface area contributed by atoms with E-state index in [4.69, 9.17) is 14.7 Å². The first kappa shape index (κ1) is 24.2. The third-order valence-corrected chi connectivity index (χ3v) is 9.87. The van der Waals surface area contributed by atoms with Gasteiger partial charge in [-0.1, -0.05) is 24.3 Å². The van der Waals surface area contributed by atoms with Crippen molar-refractivity contribution < 1.29 is 13.2 Å². The Labute approximate surface area is 220 Å². The molecule has 6 rings (SSSR count). The normalized spacial score (nSPS) is 17.9. The Morgan fingerprint density at radius 1 is 1.14 bits per heavy atom. The summed E-state index contributed by atoms with van der Waals surface area (Å²) < 4.78 is 33.2. The lowest BCUT2D eigenvalue weighted by molar-refractivity contribution is 0.122. The summed E-state index contributed by atoms with van der Waals surface area (Å²) in [4.78, 5) is 13.5. The third kappa shape index (κ3) is 4.67. The van der Waals surface area contributed by atoms with Gasteiger partial charge in [-0.3, -0.25) is 9.82 Å². The molecule has 2 aliphatic rings. The molecule has 2 N–H and O–H groups in total. The number of benzene rings is 2. The van der Waals surface area contributed by atoms with Gasteiger partial charge in [-0.25, -0.2) is 18.4 Å². The molecule has 1 saturated heterocycles. The number of sulfonamides is 1. The average Bonchev–Trinajstić information content (AvgIpc) is 3.55. The average molecular weight is 537 g/mol. The predicted octanol–water partition coefficient (Wildman–Crippen LogP) is 4.40. The molecule has 4 aromatic rings. The van der Waals surface area contributed by atoms with E-state index in [0.717, 1.165) is 57.9 Å². The van der Waals surface area contributed by atoms with Gasteiger partial charge in [-0.2, -0.15) is 5.10 Å². The van der Waals surface area contributed by atoms with Crippen LogP contribution in [-0.4, -0.2) is 60.1 Å². The maximum Gasteiger partial charge on any atom is 0.235 e. The minimum Gasteiger partial charge on any atom is -0.378 e. The Morgan fingerprint density at radius 3 is 2.76 bits per heavy atom. The van der Waals surface area contributed by atoms with Gasteiger partial charge in [0.1, 0.15) is 5.82 Å². The van der Waals surface area contributed by atoms with Crippen LogP contribution in [0.25, 0.3) is 22.3 Å². The summed E-state index contributed by atoms with van der Waals surface area (Å²) >= 11 is 1.75. The second-order valence-corrected chi connectivity index (χ2v) is 13.0. The van der Waals surface area contributed by atoms with Crippen LogP contribution in [0.15, 0.2) is 53.6 Å². The number of nitrogens with one attached hydrogen (secondary N) is 2. The summed E-state index contributed by atoms with van der Waals surface area (Å²) in [6.45, 7) is 6.22. The fourth-order valence-electron chi connectivity index (χ4n) is 4.65. The molecule has 9 nitrogen and oxygen atoms in total. The molecule has 0 spiro atoms. The first-order valence-corrected chi connectivity index (χ1v) is 14.8. The molecule has 1 unspecified atom stereocenters. The summed E-state index contributed by atoms with van der Waals surface area (Å²) in [7, 11) is -3.42. The first-order valence-electron chi connectivity index (χ1n) is 12.3. The van der Waals surface area contributed by atoms with Crippen LogP contribution in [-0.2, 0) is 21.2 Å². The van der Waals surface area contributed by atoms with E-state index in [9.17, 15) is 8.42 Å². The number of fused-ring (bicyclic) bond motifs is 2. The predicted molar refractivity (Wildman–Crippen MR) is 147 cm³/mol. The number of ether oxygens (including phenoxy) is 1. The SMILES string of the molecule is CC(C)S(=O)(=O)Nc1cccc(C2Cc3nc(-c4cccc5[nH]ncc45)nc(N4CCOCC4)c3S2)c1. The summed E-state index contributed by atoms with van der Waals surface area (Å²) in [6, 6.07) is 13.7. The highest BCUT2D eigenvalue weighted by molar-refractivity contribution is 8.00. The number of H-pyrrole nitrogens is 1. The highest BCUT2D eigenvalue weighted by Crippen LogP contribution is 2.50. The summed E-state index contributed by atoms with van der Waals surface area (Å²) in [6.07, 6.45) is 2.55. The standard InChI is InChI=1S/C26H28N6O3S2/c1-16(2)37(33,34)31-18-6-3-5-17(13-18)23-14-22-24(36-23)26(32-9-11-35-12-10-32)29-25(28-22)19-7-4-8-21-20(19)15-27-30-21/h3-8,13,15-16,23,31H,9-12,14H2,1-2H3,(H,27,30). The molecule has 4 heterocycles. The van der Waals surface area contributed by atoms with E-state index in [2.05, 4.69) is 19.8 Å². The number of thioether (sulfide) groups is 1. The molecule has 2 aliphatic heterocycles. The van der Waals surface area contributed by atoms with Crippen molar-refractivity contribution in [2.75, 3.05) is 35.9 Å². The van der Waals surface area contributed by atoms with Crippen LogP contribution in [0.1, 0.15) is 30.4 Å². The van der Waals surface area contributed by atoms with Crippen molar-refractivity contribution in [2.24, 2.45) is 0 Å². The smallest absolute Gasteiger partial charge is 0.235 e. The van der Waals surface area contributed by atoms with Crippen LogP contribution in [0.4, 0.5) is 11.5 Å². The second-order valence-electron chi connectivity index (χ2n) is 9.51. The number of hydrogen-bond donors (Lipinski definition) is 2. The minimum absolute atomic E-state index is 0.104. The van der Waals surface area contributed by atoms with Gasteiger partial charge in [-0.15, -0.1) is 11.8 Å². The van der Waals surface area contributed by atoms with Crippen molar-refractivity contribution in [2.45, 2.75) is 35.7 Å². The van der Waals surface area contributed by atoms with Gasteiger partial charge >= 0.3 is 0 Å². The lowest BCUT2D eigenvalue weighted by Crippen LogP contribution is -2.37. The molecule has 1 fully saturated rings. The monoisotopic (exact) mass is 536 g/mol. The van der Waals surface area contributed by atoms with Gasteiger partial charge < -0.3 is 9.64 Å². The molecule has 0 bridgehead atoms. The highest BCUT2D eigenvalue weighted by atomic mass is 32.2. The van der Waals surface area contributed by atoms with Crippen molar-refractivity contribution in [3.05, 3.63) is 59.9 Å². The third-order valence-electron chi connectivity index (χ3n) is 6.73. The molecule has 0 saturated carbocycles. The number of aromatic amines is 1. The van der Waals surface area contributed by atoms with Gasteiger partial charge in [-0.05, 0) is 37.6 Å². The van der Waals surface area contributed by atoms with E-state index < -0.39 is 15.3 Å². The van der Waals surface area contributed by atoms with E-state index in [1.54, 1.807) is 31.7 Å². The van der Waals surface area contributed by atoms with Gasteiger partial charge in [0.15, 0.2) is 5.82 Å². The van der Waals surface area contributed by atoms with Crippen molar-refractivity contribution in [3.8, 4) is 11.4 Å². The first-order chi connectivity index (χ1) is 17.9. The van der Waals surface area contributed by atoms with Crippen molar-refractivity contribution in [3.63, 3.8) is 0 Å². The molecule has 192 valence electrons. The van der Waals surface area contributed by atoms with Gasteiger partial charge in [0.2, 0.25) is 10.0 Å². The van der Waals surface area contributed by atoms with Crippen molar-refractivity contribution in [1.82, 2.24) is 20.2 Å². The number of nitrogens with zero attached hydrogens (tertiary/aromatic N) is 4. The number of morpholine rings is 1. The van der Waals surface area contributed by atoms with Crippen molar-refractivity contribution in [1.29, 1.82) is 0 Å². The van der Waals surface area contributed by atoms with Gasteiger partial charge in [0, 0.05) is 41.4 Å². The van der Waals surface area contributed by atoms with Gasteiger partial charge in [0.05, 0.1) is 40.8 Å². The van der Waals surface area contributed by atoms with Crippen LogP contribution in [0, 0.1) is 0 Å². The van der Waals surface area contributed by atoms with Crippen molar-refractivity contribution >= 4 is 44.2 Å². The van der Waals surface area contributed by atoms with Gasteiger partial charge in [0.25, 0.3) is 0 Å². The molecule has 2 aromatic carbocycles. The molecule has 2 aromatic heterocycles. The molecule has 37 heavy (non-hydrogen) atoms. The largest absolute Gasteiger partial charge is 0.378 e. The number of hydrogen-bond acceptors (Lipinski definition) is 8. The number of rotatable bonds is 6. The van der Waals surface area contributed by atoms with Crippen LogP contribution in [0.5, 0.6) is 0 Å². The van der Waals surface area contributed by atoms with Crippen LogP contribution in [0.2, 0.25) is 0 Å². The Morgan fingerprint density at radius 2 is 1.95 bits per heavy atom. The molecule has 0 amide bonds. The van der Waals surface area contributed by atoms with E-state index >= 15 is 0 Å². The minimum atomic E-state index is -3.42. The maximum atomic E-state index is 12.4. The highest BCUT2D eigenvalue weighted by Gasteiger charge is 2.32. The summed E-state index contributed by atoms with van der Waals surface area (Å²) in [5.41, 5.74) is 4.53. The Bertz CT molecular complexity index is 1560. The number of anilines is 2. The molecule has 0 aliphatic carbocycles. The maximum absolute atomic E-state index is 12.4. The van der Waals surface area contributed by atoms with E-state index in [1.807, 2.05) is 42.6 Å². The van der Waals surface area contributed by atoms with Crippen LogP contribution < -0.4 is 9.62 Å². The summed E-state index contributed by atoms with van der Waals surface area (Å²) in [5, 5.41) is 7.82. The zero-order valence-corrected chi connectivity index (χ0v) is 22.3. The zero-order valence-electron chi connectivity index (χ0n) is 20.6. The lowest BCUT2D eigenvalue weighted by atomic mass is 10.1. The fourth-order valence-corrected chi connectivity index (χ4v) is 6.69. The van der Waals surface area contributed by atoms with Crippen LogP contribution >= 0.6 is 11.8 Å². The lowest BCUT2D eigenvalue weighted by Gasteiger charge is -2.29. The van der Waals surface area contributed by atoms with E-state index in [-0.39, 0.29) is 5.25 Å². The Hall–Kier alpha value is -3.15. The van der Waals surface area contributed by atoms with E-state index in [1.165, 1.54) is 0 Å². The molecule has 1 atom stereocenters. The number of aromatic nitrogens is 4. The van der Waals surface area contributed by atoms with Crippen LogP contribution in [0.3, 0.4) is 0 Å².